The Balaban J connectivity index is 1.51. The maximum atomic E-state index is 13.3. The molecular formula is C35H35N3O3. The molecule has 0 fully saturated rings. The predicted octanol–water partition coefficient (Wildman–Crippen LogP) is 8.16. The number of carbonyl (C=O) groups is 2. The Kier molecular flexibility index (Phi) is 7.75. The van der Waals surface area contributed by atoms with Crippen molar-refractivity contribution >= 4 is 22.9 Å². The number of benzene rings is 4. The van der Waals surface area contributed by atoms with Gasteiger partial charge in [-0.2, -0.15) is 0 Å². The average Bonchev–Trinajstić information content (AvgIpc) is 3.40. The van der Waals surface area contributed by atoms with Gasteiger partial charge in [0.2, 0.25) is 0 Å². The Morgan fingerprint density at radius 1 is 0.878 bits per heavy atom. The number of nitrogens with zero attached hydrogens (tertiary/aromatic N) is 1. The van der Waals surface area contributed by atoms with Crippen molar-refractivity contribution in [3.8, 4) is 22.5 Å². The molecule has 1 atom stereocenters. The molecule has 0 radical (unpaired) electrons. The van der Waals surface area contributed by atoms with Gasteiger partial charge in [-0.15, -0.1) is 0 Å². The fraction of sp³-hybridized carbons (Fsp3) is 0.229. The molecular weight excluding hydrogens is 510 g/mol. The van der Waals surface area contributed by atoms with E-state index in [0.717, 1.165) is 40.6 Å². The fourth-order valence-corrected chi connectivity index (χ4v) is 5.16. The largest absolute Gasteiger partial charge is 0.478 e. The molecule has 0 saturated carbocycles. The summed E-state index contributed by atoms with van der Waals surface area (Å²) < 4.78 is 0. The number of carboxylic acid groups (broad SMARTS) is 1. The summed E-state index contributed by atoms with van der Waals surface area (Å²) in [5, 5.41) is 13.3. The molecule has 3 N–H and O–H groups in total. The molecule has 0 bridgehead atoms. The van der Waals surface area contributed by atoms with Crippen molar-refractivity contribution in [1.29, 1.82) is 0 Å². The van der Waals surface area contributed by atoms with Crippen LogP contribution in [0.2, 0.25) is 0 Å². The molecule has 0 spiro atoms. The number of H-pyrrole nitrogens is 1. The number of fused-ring (bicyclic) bond motifs is 1. The van der Waals surface area contributed by atoms with Gasteiger partial charge >= 0.3 is 5.97 Å². The zero-order valence-electron chi connectivity index (χ0n) is 23.9. The number of carbonyl (C=O) groups excluding carboxylic acids is 1. The van der Waals surface area contributed by atoms with E-state index in [1.807, 2.05) is 60.7 Å². The highest BCUT2D eigenvalue weighted by Gasteiger charge is 2.21. The summed E-state index contributed by atoms with van der Waals surface area (Å²) in [6.07, 6.45) is 1.68. The van der Waals surface area contributed by atoms with E-state index in [9.17, 15) is 14.7 Å². The summed E-state index contributed by atoms with van der Waals surface area (Å²) in [5.41, 5.74) is 6.36. The first-order valence-electron chi connectivity index (χ1n) is 14.0. The molecule has 5 rings (SSSR count). The minimum absolute atomic E-state index is 0.00666. The smallest absolute Gasteiger partial charge is 0.336 e. The molecule has 41 heavy (non-hydrogen) atoms. The summed E-state index contributed by atoms with van der Waals surface area (Å²) in [7, 11) is 0. The molecule has 1 amide bonds. The van der Waals surface area contributed by atoms with Gasteiger partial charge in [0.25, 0.3) is 5.91 Å². The molecule has 0 aliphatic heterocycles. The number of carboxylic acids is 1. The van der Waals surface area contributed by atoms with Crippen LogP contribution >= 0.6 is 0 Å². The number of aromatic nitrogens is 2. The first-order valence-corrected chi connectivity index (χ1v) is 14.0. The standard InChI is InChI=1S/C35H35N3O3/c1-5-11-29(22-12-7-6-8-13-22)38-33(39)23-16-18-26(28(20-23)34(40)41)25-14-9-10-15-27(25)32-36-30-19-17-24(35(2,3)4)21-31(30)37-32/h6-10,12-21,29H,5,11H2,1-4H3,(H,36,37)(H,38,39)(H,40,41). The Bertz CT molecular complexity index is 1710. The fourth-order valence-electron chi connectivity index (χ4n) is 5.16. The van der Waals surface area contributed by atoms with E-state index in [0.29, 0.717) is 17.0 Å². The van der Waals surface area contributed by atoms with Crippen LogP contribution in [0, 0.1) is 0 Å². The van der Waals surface area contributed by atoms with Crippen molar-refractivity contribution in [2.75, 3.05) is 0 Å². The van der Waals surface area contributed by atoms with E-state index in [1.165, 1.54) is 11.6 Å². The van der Waals surface area contributed by atoms with Crippen LogP contribution < -0.4 is 5.32 Å². The molecule has 0 saturated heterocycles. The van der Waals surface area contributed by atoms with Crippen LogP contribution in [0.1, 0.15) is 78.4 Å². The lowest BCUT2D eigenvalue weighted by molar-refractivity contribution is 0.0697. The molecule has 0 aliphatic rings. The first kappa shape index (κ1) is 27.8. The lowest BCUT2D eigenvalue weighted by atomic mass is 9.87. The van der Waals surface area contributed by atoms with Gasteiger partial charge in [0.05, 0.1) is 22.6 Å². The van der Waals surface area contributed by atoms with Crippen LogP contribution in [0.25, 0.3) is 33.5 Å². The van der Waals surface area contributed by atoms with Gasteiger partial charge in [0.15, 0.2) is 0 Å². The zero-order valence-corrected chi connectivity index (χ0v) is 23.9. The van der Waals surface area contributed by atoms with E-state index in [-0.39, 0.29) is 22.9 Å². The molecule has 6 heteroatoms. The van der Waals surface area contributed by atoms with Gasteiger partial charge in [0, 0.05) is 11.1 Å². The van der Waals surface area contributed by atoms with Crippen molar-refractivity contribution in [2.45, 2.75) is 52.0 Å². The molecule has 0 aliphatic carbocycles. The third-order valence-corrected chi connectivity index (χ3v) is 7.42. The maximum absolute atomic E-state index is 13.3. The summed E-state index contributed by atoms with van der Waals surface area (Å²) in [6, 6.07) is 28.4. The summed E-state index contributed by atoms with van der Waals surface area (Å²) in [4.78, 5) is 34.1. The summed E-state index contributed by atoms with van der Waals surface area (Å²) in [5.74, 6) is -0.747. The van der Waals surface area contributed by atoms with Crippen molar-refractivity contribution in [3.05, 3.63) is 113 Å². The predicted molar refractivity (Wildman–Crippen MR) is 164 cm³/mol. The molecule has 1 heterocycles. The van der Waals surface area contributed by atoms with Crippen molar-refractivity contribution < 1.29 is 14.7 Å². The molecule has 208 valence electrons. The van der Waals surface area contributed by atoms with Crippen LogP contribution in [-0.4, -0.2) is 27.0 Å². The minimum atomic E-state index is -1.10. The van der Waals surface area contributed by atoms with Gasteiger partial charge in [-0.25, -0.2) is 9.78 Å². The van der Waals surface area contributed by atoms with E-state index in [2.05, 4.69) is 50.1 Å². The third kappa shape index (κ3) is 5.92. The third-order valence-electron chi connectivity index (χ3n) is 7.42. The number of nitrogens with one attached hydrogen (secondary N) is 2. The Hall–Kier alpha value is -4.71. The Morgan fingerprint density at radius 3 is 2.27 bits per heavy atom. The lowest BCUT2D eigenvalue weighted by Crippen LogP contribution is -2.28. The zero-order chi connectivity index (χ0) is 29.1. The van der Waals surface area contributed by atoms with Gasteiger partial charge in [-0.05, 0) is 58.4 Å². The lowest BCUT2D eigenvalue weighted by Gasteiger charge is -2.19. The quantitative estimate of drug-likeness (QED) is 0.183. The monoisotopic (exact) mass is 545 g/mol. The van der Waals surface area contributed by atoms with Crippen LogP contribution in [-0.2, 0) is 5.41 Å². The normalized spacial score (nSPS) is 12.3. The van der Waals surface area contributed by atoms with Gasteiger partial charge in [-0.1, -0.05) is 101 Å². The first-order chi connectivity index (χ1) is 19.7. The second-order valence-electron chi connectivity index (χ2n) is 11.4. The Labute approximate surface area is 240 Å². The number of hydrogen-bond donors (Lipinski definition) is 3. The maximum Gasteiger partial charge on any atom is 0.336 e. The second kappa shape index (κ2) is 11.4. The average molecular weight is 546 g/mol. The topological polar surface area (TPSA) is 95.1 Å². The van der Waals surface area contributed by atoms with Crippen molar-refractivity contribution in [2.24, 2.45) is 0 Å². The highest BCUT2D eigenvalue weighted by atomic mass is 16.4. The van der Waals surface area contributed by atoms with Gasteiger partial charge in [-0.3, -0.25) is 4.79 Å². The molecule has 5 aromatic rings. The van der Waals surface area contributed by atoms with E-state index in [1.54, 1.807) is 12.1 Å². The van der Waals surface area contributed by atoms with E-state index in [4.69, 9.17) is 4.98 Å². The number of aromatic carboxylic acids is 1. The molecule has 1 unspecified atom stereocenters. The van der Waals surface area contributed by atoms with Crippen molar-refractivity contribution in [1.82, 2.24) is 15.3 Å². The van der Waals surface area contributed by atoms with Crippen LogP contribution in [0.5, 0.6) is 0 Å². The summed E-state index contributed by atoms with van der Waals surface area (Å²) >= 11 is 0. The molecule has 6 nitrogen and oxygen atoms in total. The number of aromatic amines is 1. The van der Waals surface area contributed by atoms with Gasteiger partial charge in [0.1, 0.15) is 5.82 Å². The molecule has 4 aromatic carbocycles. The minimum Gasteiger partial charge on any atom is -0.478 e. The Morgan fingerprint density at radius 2 is 1.59 bits per heavy atom. The highest BCUT2D eigenvalue weighted by Crippen LogP contribution is 2.35. The number of rotatable bonds is 8. The van der Waals surface area contributed by atoms with Crippen molar-refractivity contribution in [3.63, 3.8) is 0 Å². The molecule has 1 aromatic heterocycles. The van der Waals surface area contributed by atoms with Gasteiger partial charge < -0.3 is 15.4 Å². The highest BCUT2D eigenvalue weighted by molar-refractivity contribution is 6.03. The number of amides is 1. The van der Waals surface area contributed by atoms with Crippen LogP contribution in [0.15, 0.2) is 91.0 Å². The van der Waals surface area contributed by atoms with E-state index < -0.39 is 5.97 Å². The SMILES string of the molecule is CCCC(NC(=O)c1ccc(-c2ccccc2-c2nc3cc(C(C)(C)C)ccc3[nH]2)c(C(=O)O)c1)c1ccccc1. The van der Waals surface area contributed by atoms with Crippen LogP contribution in [0.3, 0.4) is 0 Å². The summed E-state index contributed by atoms with van der Waals surface area (Å²) in [6.45, 7) is 8.57. The second-order valence-corrected chi connectivity index (χ2v) is 11.4. The number of imidazole rings is 1. The van der Waals surface area contributed by atoms with Crippen LogP contribution in [0.4, 0.5) is 0 Å². The van der Waals surface area contributed by atoms with E-state index >= 15 is 0 Å². The number of hydrogen-bond acceptors (Lipinski definition) is 3.